The predicted molar refractivity (Wildman–Crippen MR) is 98.5 cm³/mol. The number of urea groups is 1. The van der Waals surface area contributed by atoms with Gasteiger partial charge in [0.15, 0.2) is 11.6 Å². The molecule has 2 aromatic rings. The Balaban J connectivity index is 1.53. The summed E-state index contributed by atoms with van der Waals surface area (Å²) in [6.45, 7) is 1.08. The van der Waals surface area contributed by atoms with Gasteiger partial charge in [-0.3, -0.25) is 9.78 Å². The molecule has 1 aliphatic heterocycles. The Morgan fingerprint density at radius 2 is 2.10 bits per heavy atom. The van der Waals surface area contributed by atoms with E-state index in [1.54, 1.807) is 6.07 Å². The maximum atomic E-state index is 14.5. The van der Waals surface area contributed by atoms with Gasteiger partial charge >= 0.3 is 6.03 Å². The van der Waals surface area contributed by atoms with Crippen LogP contribution in [0.25, 0.3) is 0 Å². The fourth-order valence-corrected chi connectivity index (χ4v) is 3.81. The van der Waals surface area contributed by atoms with Gasteiger partial charge in [-0.1, -0.05) is 0 Å². The number of rotatable bonds is 4. The number of fused-ring (bicyclic) bond motifs is 2. The molecule has 4 rings (SSSR count). The molecule has 0 unspecified atom stereocenters. The van der Waals surface area contributed by atoms with E-state index in [-0.39, 0.29) is 22.5 Å². The second-order valence-electron chi connectivity index (χ2n) is 7.32. The molecule has 1 atom stereocenters. The Bertz CT molecular complexity index is 1110. The van der Waals surface area contributed by atoms with Gasteiger partial charge in [0.1, 0.15) is 18.4 Å². The zero-order valence-corrected chi connectivity index (χ0v) is 15.8. The standard InChI is InChI=1S/C20H16F3N5O2/c1-10(18-13(22)6-11(7-24)8-25-18)26-15(29)9-28-19(30)27-14-3-2-12(21)17(23)16(14)20(28)4-5-20/h2-3,6,8,10H,4-5,9H2,1H3,(H,26,29)(H,27,30)/t10-/m0/s1. The van der Waals surface area contributed by atoms with E-state index in [1.165, 1.54) is 24.1 Å². The van der Waals surface area contributed by atoms with Crippen LogP contribution in [0.1, 0.15) is 42.6 Å². The predicted octanol–water partition coefficient (Wildman–Crippen LogP) is 3.08. The van der Waals surface area contributed by atoms with E-state index in [9.17, 15) is 22.8 Å². The third-order valence-electron chi connectivity index (χ3n) is 5.38. The van der Waals surface area contributed by atoms with Gasteiger partial charge in [-0.2, -0.15) is 5.26 Å². The van der Waals surface area contributed by atoms with E-state index in [1.807, 2.05) is 0 Å². The first-order valence-corrected chi connectivity index (χ1v) is 9.19. The number of nitrogens with zero attached hydrogens (tertiary/aromatic N) is 3. The maximum absolute atomic E-state index is 14.5. The number of pyridine rings is 1. The van der Waals surface area contributed by atoms with Crippen LogP contribution in [0.15, 0.2) is 24.4 Å². The second-order valence-corrected chi connectivity index (χ2v) is 7.32. The lowest BCUT2D eigenvalue weighted by Crippen LogP contribution is -2.52. The van der Waals surface area contributed by atoms with Gasteiger partial charge < -0.3 is 15.5 Å². The number of anilines is 1. The Morgan fingerprint density at radius 1 is 1.37 bits per heavy atom. The molecule has 0 bridgehead atoms. The minimum atomic E-state index is -1.08. The zero-order valence-electron chi connectivity index (χ0n) is 15.8. The fraction of sp³-hybridized carbons (Fsp3) is 0.300. The van der Waals surface area contributed by atoms with Gasteiger partial charge in [-0.15, -0.1) is 0 Å². The summed E-state index contributed by atoms with van der Waals surface area (Å²) in [6.07, 6.45) is 1.97. The Labute approximate surface area is 169 Å². The normalized spacial score (nSPS) is 17.0. The molecule has 2 N–H and O–H groups in total. The van der Waals surface area contributed by atoms with Crippen molar-refractivity contribution in [3.05, 3.63) is 58.7 Å². The molecule has 10 heteroatoms. The smallest absolute Gasteiger partial charge is 0.323 e. The Hall–Kier alpha value is -3.61. The van der Waals surface area contributed by atoms with Crippen molar-refractivity contribution in [3.63, 3.8) is 0 Å². The van der Waals surface area contributed by atoms with Gasteiger partial charge in [0.2, 0.25) is 5.91 Å². The van der Waals surface area contributed by atoms with Crippen molar-refractivity contribution < 1.29 is 22.8 Å². The number of nitrogens with one attached hydrogen (secondary N) is 2. The first-order valence-electron chi connectivity index (χ1n) is 9.19. The van der Waals surface area contributed by atoms with E-state index in [0.29, 0.717) is 12.8 Å². The lowest BCUT2D eigenvalue weighted by atomic mass is 9.97. The molecule has 2 heterocycles. The number of aromatic nitrogens is 1. The lowest BCUT2D eigenvalue weighted by Gasteiger charge is -2.38. The minimum Gasteiger partial charge on any atom is -0.346 e. The van der Waals surface area contributed by atoms with E-state index in [4.69, 9.17) is 5.26 Å². The summed E-state index contributed by atoms with van der Waals surface area (Å²) in [5.41, 5.74) is -0.885. The molecule has 154 valence electrons. The summed E-state index contributed by atoms with van der Waals surface area (Å²) in [5.74, 6) is -3.44. The molecule has 1 aromatic carbocycles. The molecule has 1 saturated carbocycles. The van der Waals surface area contributed by atoms with Crippen molar-refractivity contribution in [1.82, 2.24) is 15.2 Å². The monoisotopic (exact) mass is 415 g/mol. The summed E-state index contributed by atoms with van der Waals surface area (Å²) in [6, 6.07) is 3.57. The third-order valence-corrected chi connectivity index (χ3v) is 5.38. The summed E-state index contributed by atoms with van der Waals surface area (Å²) in [4.78, 5) is 30.1. The maximum Gasteiger partial charge on any atom is 0.323 e. The number of hydrogen-bond donors (Lipinski definition) is 2. The van der Waals surface area contributed by atoms with Crippen LogP contribution in [-0.4, -0.2) is 28.4 Å². The third kappa shape index (κ3) is 3.12. The van der Waals surface area contributed by atoms with Crippen LogP contribution < -0.4 is 10.6 Å². The van der Waals surface area contributed by atoms with E-state index in [2.05, 4.69) is 15.6 Å². The molecule has 3 amide bonds. The molecule has 1 aromatic heterocycles. The molecule has 1 spiro atoms. The number of hydrogen-bond acceptors (Lipinski definition) is 4. The summed E-state index contributed by atoms with van der Waals surface area (Å²) >= 11 is 0. The quantitative estimate of drug-likeness (QED) is 0.802. The van der Waals surface area contributed by atoms with Crippen LogP contribution in [0, 0.1) is 28.8 Å². The molecule has 30 heavy (non-hydrogen) atoms. The average Bonchev–Trinajstić information content (AvgIpc) is 3.48. The highest BCUT2D eigenvalue weighted by molar-refractivity contribution is 5.97. The summed E-state index contributed by atoms with van der Waals surface area (Å²) < 4.78 is 42.4. The summed E-state index contributed by atoms with van der Waals surface area (Å²) in [5, 5.41) is 13.8. The molecule has 2 aliphatic rings. The van der Waals surface area contributed by atoms with Crippen LogP contribution in [-0.2, 0) is 10.3 Å². The lowest BCUT2D eigenvalue weighted by molar-refractivity contribution is -0.123. The largest absolute Gasteiger partial charge is 0.346 e. The topological polar surface area (TPSA) is 98.1 Å². The molecule has 0 saturated heterocycles. The van der Waals surface area contributed by atoms with E-state index in [0.717, 1.165) is 12.1 Å². The van der Waals surface area contributed by atoms with E-state index >= 15 is 0 Å². The van der Waals surface area contributed by atoms with Crippen molar-refractivity contribution in [3.8, 4) is 6.07 Å². The Morgan fingerprint density at radius 3 is 2.73 bits per heavy atom. The van der Waals surface area contributed by atoms with Gasteiger partial charge in [0.05, 0.1) is 28.5 Å². The number of halogens is 3. The van der Waals surface area contributed by atoms with Gasteiger partial charge in [-0.05, 0) is 38.0 Å². The second kappa shape index (κ2) is 7.02. The highest BCUT2D eigenvalue weighted by atomic mass is 19.2. The van der Waals surface area contributed by atoms with E-state index < -0.39 is 47.5 Å². The molecule has 1 aliphatic carbocycles. The minimum absolute atomic E-state index is 0.0303. The number of nitriles is 1. The van der Waals surface area contributed by atoms with Gasteiger partial charge in [0.25, 0.3) is 0 Å². The molecular formula is C20H16F3N5O2. The molecular weight excluding hydrogens is 399 g/mol. The van der Waals surface area contributed by atoms with Crippen LogP contribution >= 0.6 is 0 Å². The van der Waals surface area contributed by atoms with Crippen LogP contribution in [0.2, 0.25) is 0 Å². The number of carbonyl (C=O) groups excluding carboxylic acids is 2. The Kier molecular flexibility index (Phi) is 4.61. The molecule has 1 fully saturated rings. The van der Waals surface area contributed by atoms with Crippen LogP contribution in [0.4, 0.5) is 23.7 Å². The van der Waals surface area contributed by atoms with Crippen molar-refractivity contribution in [1.29, 1.82) is 5.26 Å². The number of carbonyl (C=O) groups is 2. The highest BCUT2D eigenvalue weighted by Gasteiger charge is 2.57. The van der Waals surface area contributed by atoms with Crippen LogP contribution in [0.3, 0.4) is 0 Å². The fourth-order valence-electron chi connectivity index (χ4n) is 3.81. The van der Waals surface area contributed by atoms with Crippen molar-refractivity contribution in [2.24, 2.45) is 0 Å². The summed E-state index contributed by atoms with van der Waals surface area (Å²) in [7, 11) is 0. The number of amides is 3. The van der Waals surface area contributed by atoms with Crippen molar-refractivity contribution in [2.75, 3.05) is 11.9 Å². The van der Waals surface area contributed by atoms with Crippen molar-refractivity contribution in [2.45, 2.75) is 31.3 Å². The average molecular weight is 415 g/mol. The first-order chi connectivity index (χ1) is 14.3. The first kappa shape index (κ1) is 19.7. The molecule has 7 nitrogen and oxygen atoms in total. The van der Waals surface area contributed by atoms with Gasteiger partial charge in [0, 0.05) is 11.8 Å². The van der Waals surface area contributed by atoms with Crippen molar-refractivity contribution >= 4 is 17.6 Å². The molecule has 0 radical (unpaired) electrons. The highest BCUT2D eigenvalue weighted by Crippen LogP contribution is 2.56. The van der Waals surface area contributed by atoms with Gasteiger partial charge in [-0.25, -0.2) is 18.0 Å². The zero-order chi connectivity index (χ0) is 21.6. The SMILES string of the molecule is C[C@H](NC(=O)CN1C(=O)Nc2ccc(F)c(F)c2C12CC2)c1ncc(C#N)cc1F. The number of benzene rings is 1. The van der Waals surface area contributed by atoms with Crippen LogP contribution in [0.5, 0.6) is 0 Å².